The second kappa shape index (κ2) is 3.22. The van der Waals surface area contributed by atoms with Gasteiger partial charge in [-0.15, -0.1) is 11.3 Å². The number of pyridine rings is 1. The summed E-state index contributed by atoms with van der Waals surface area (Å²) in [4.78, 5) is 7.83. The number of hydrogen-bond donors (Lipinski definition) is 0. The smallest absolute Gasteiger partial charge is 0.212 e. The van der Waals surface area contributed by atoms with Crippen molar-refractivity contribution >= 4 is 11.3 Å². The third kappa shape index (κ3) is 1.72. The fraction of sp³-hybridized carbons (Fsp3) is 0.111. The average molecular weight is 194 g/mol. The normalized spacial score (nSPS) is 10.3. The van der Waals surface area contributed by atoms with E-state index in [1.54, 1.807) is 6.07 Å². The van der Waals surface area contributed by atoms with E-state index in [0.29, 0.717) is 0 Å². The quantitative estimate of drug-likeness (QED) is 0.652. The van der Waals surface area contributed by atoms with Gasteiger partial charge in [0.1, 0.15) is 5.01 Å². The Balaban J connectivity index is 2.41. The molecule has 0 aromatic carbocycles. The summed E-state index contributed by atoms with van der Waals surface area (Å²) in [5, 5.41) is 2.84. The van der Waals surface area contributed by atoms with Gasteiger partial charge in [0.05, 0.1) is 0 Å². The summed E-state index contributed by atoms with van der Waals surface area (Å²) in [6, 6.07) is 3.02. The van der Waals surface area contributed by atoms with Gasteiger partial charge in [-0.25, -0.2) is 9.97 Å². The minimum Gasteiger partial charge on any atom is -0.241 e. The van der Waals surface area contributed by atoms with Crippen molar-refractivity contribution in [1.29, 1.82) is 0 Å². The van der Waals surface area contributed by atoms with Gasteiger partial charge in [0.15, 0.2) is 0 Å². The van der Waals surface area contributed by atoms with E-state index in [9.17, 15) is 4.39 Å². The number of rotatable bonds is 1. The van der Waals surface area contributed by atoms with Crippen LogP contribution in [0.3, 0.4) is 0 Å². The molecule has 2 aromatic rings. The van der Waals surface area contributed by atoms with Crippen molar-refractivity contribution < 1.29 is 4.39 Å². The molecule has 0 saturated carbocycles. The first-order valence-electron chi connectivity index (χ1n) is 3.80. The van der Waals surface area contributed by atoms with Crippen molar-refractivity contribution in [2.24, 2.45) is 0 Å². The molecule has 0 aliphatic carbocycles. The standard InChI is InChI=1S/C9H7FN2S/c1-6-5-13-9(12-6)7-2-3-8(10)11-4-7/h2-5H,1H3. The Morgan fingerprint density at radius 1 is 1.38 bits per heavy atom. The molecular weight excluding hydrogens is 187 g/mol. The predicted octanol–water partition coefficient (Wildman–Crippen LogP) is 2.65. The molecule has 0 atom stereocenters. The van der Waals surface area contributed by atoms with Gasteiger partial charge in [0.25, 0.3) is 0 Å². The summed E-state index contributed by atoms with van der Waals surface area (Å²) in [5.74, 6) is -0.461. The zero-order valence-corrected chi connectivity index (χ0v) is 7.81. The highest BCUT2D eigenvalue weighted by molar-refractivity contribution is 7.13. The van der Waals surface area contributed by atoms with Crippen molar-refractivity contribution in [3.05, 3.63) is 35.4 Å². The first kappa shape index (κ1) is 8.31. The number of aromatic nitrogens is 2. The first-order chi connectivity index (χ1) is 6.25. The SMILES string of the molecule is Cc1csc(-c2ccc(F)nc2)n1. The summed E-state index contributed by atoms with van der Waals surface area (Å²) in [5.41, 5.74) is 1.84. The van der Waals surface area contributed by atoms with Gasteiger partial charge in [-0.3, -0.25) is 0 Å². The number of thiazole rings is 1. The molecule has 0 spiro atoms. The highest BCUT2D eigenvalue weighted by Gasteiger charge is 2.02. The van der Waals surface area contributed by atoms with Crippen LogP contribution in [-0.2, 0) is 0 Å². The van der Waals surface area contributed by atoms with Gasteiger partial charge in [0, 0.05) is 22.8 Å². The topological polar surface area (TPSA) is 25.8 Å². The van der Waals surface area contributed by atoms with E-state index in [4.69, 9.17) is 0 Å². The minimum atomic E-state index is -0.461. The Kier molecular flexibility index (Phi) is 2.06. The van der Waals surface area contributed by atoms with Crippen LogP contribution in [0.1, 0.15) is 5.69 Å². The van der Waals surface area contributed by atoms with Gasteiger partial charge in [0.2, 0.25) is 5.95 Å². The van der Waals surface area contributed by atoms with Gasteiger partial charge < -0.3 is 0 Å². The lowest BCUT2D eigenvalue weighted by molar-refractivity contribution is 0.584. The summed E-state index contributed by atoms with van der Waals surface area (Å²) in [7, 11) is 0. The Labute approximate surface area is 79.1 Å². The number of aryl methyl sites for hydroxylation is 1. The maximum Gasteiger partial charge on any atom is 0.212 e. The van der Waals surface area contributed by atoms with Crippen LogP contribution in [0, 0.1) is 12.9 Å². The monoisotopic (exact) mass is 194 g/mol. The van der Waals surface area contributed by atoms with Crippen LogP contribution in [0.2, 0.25) is 0 Å². The van der Waals surface area contributed by atoms with E-state index < -0.39 is 5.95 Å². The Morgan fingerprint density at radius 3 is 2.77 bits per heavy atom. The number of nitrogens with zero attached hydrogens (tertiary/aromatic N) is 2. The summed E-state index contributed by atoms with van der Waals surface area (Å²) < 4.78 is 12.5. The molecular formula is C9H7FN2S. The van der Waals surface area contributed by atoms with Crippen LogP contribution in [0.15, 0.2) is 23.7 Å². The molecule has 2 nitrogen and oxygen atoms in total. The summed E-state index contributed by atoms with van der Waals surface area (Å²) in [6.45, 7) is 1.93. The van der Waals surface area contributed by atoms with E-state index in [1.807, 2.05) is 12.3 Å². The highest BCUT2D eigenvalue weighted by Crippen LogP contribution is 2.22. The fourth-order valence-electron chi connectivity index (χ4n) is 0.989. The predicted molar refractivity (Wildman–Crippen MR) is 50.0 cm³/mol. The summed E-state index contributed by atoms with van der Waals surface area (Å²) in [6.07, 6.45) is 1.49. The summed E-state index contributed by atoms with van der Waals surface area (Å²) >= 11 is 1.53. The van der Waals surface area contributed by atoms with Gasteiger partial charge in [-0.1, -0.05) is 0 Å². The molecule has 0 N–H and O–H groups in total. The van der Waals surface area contributed by atoms with Gasteiger partial charge in [-0.05, 0) is 19.1 Å². The lowest BCUT2D eigenvalue weighted by Gasteiger charge is -1.93. The molecule has 2 aromatic heterocycles. The molecule has 13 heavy (non-hydrogen) atoms. The van der Waals surface area contributed by atoms with Crippen LogP contribution >= 0.6 is 11.3 Å². The highest BCUT2D eigenvalue weighted by atomic mass is 32.1. The van der Waals surface area contributed by atoms with Crippen molar-refractivity contribution in [3.8, 4) is 10.6 Å². The second-order valence-electron chi connectivity index (χ2n) is 2.66. The average Bonchev–Trinajstić information content (AvgIpc) is 2.53. The van der Waals surface area contributed by atoms with E-state index in [2.05, 4.69) is 9.97 Å². The Hall–Kier alpha value is -1.29. The van der Waals surface area contributed by atoms with Crippen molar-refractivity contribution in [3.63, 3.8) is 0 Å². The molecule has 4 heteroatoms. The van der Waals surface area contributed by atoms with Crippen LogP contribution in [0.5, 0.6) is 0 Å². The van der Waals surface area contributed by atoms with Crippen LogP contribution < -0.4 is 0 Å². The third-order valence-electron chi connectivity index (χ3n) is 1.59. The molecule has 0 aliphatic rings. The zero-order valence-electron chi connectivity index (χ0n) is 6.99. The molecule has 0 unspecified atom stereocenters. The van der Waals surface area contributed by atoms with Gasteiger partial charge >= 0.3 is 0 Å². The fourth-order valence-corrected chi connectivity index (χ4v) is 1.78. The number of hydrogen-bond acceptors (Lipinski definition) is 3. The third-order valence-corrected chi connectivity index (χ3v) is 2.60. The number of halogens is 1. The van der Waals surface area contributed by atoms with Crippen molar-refractivity contribution in [1.82, 2.24) is 9.97 Å². The minimum absolute atomic E-state index is 0.461. The lowest BCUT2D eigenvalue weighted by atomic mass is 10.3. The first-order valence-corrected chi connectivity index (χ1v) is 4.68. The molecule has 66 valence electrons. The zero-order chi connectivity index (χ0) is 9.26. The Morgan fingerprint density at radius 2 is 2.23 bits per heavy atom. The van der Waals surface area contributed by atoms with Crippen LogP contribution in [0.25, 0.3) is 10.6 Å². The molecule has 2 heterocycles. The van der Waals surface area contributed by atoms with E-state index in [0.717, 1.165) is 16.3 Å². The van der Waals surface area contributed by atoms with Crippen LogP contribution in [-0.4, -0.2) is 9.97 Å². The molecule has 0 radical (unpaired) electrons. The van der Waals surface area contributed by atoms with Crippen LogP contribution in [0.4, 0.5) is 4.39 Å². The van der Waals surface area contributed by atoms with E-state index in [1.165, 1.54) is 23.6 Å². The second-order valence-corrected chi connectivity index (χ2v) is 3.52. The molecule has 2 rings (SSSR count). The van der Waals surface area contributed by atoms with E-state index >= 15 is 0 Å². The molecule has 0 amide bonds. The maximum absolute atomic E-state index is 12.5. The molecule has 0 aliphatic heterocycles. The van der Waals surface area contributed by atoms with Crippen molar-refractivity contribution in [2.75, 3.05) is 0 Å². The molecule has 0 fully saturated rings. The molecule has 0 bridgehead atoms. The Bertz CT molecular complexity index is 408. The maximum atomic E-state index is 12.5. The van der Waals surface area contributed by atoms with E-state index in [-0.39, 0.29) is 0 Å². The lowest BCUT2D eigenvalue weighted by Crippen LogP contribution is -1.82. The largest absolute Gasteiger partial charge is 0.241 e. The molecule has 0 saturated heterocycles. The van der Waals surface area contributed by atoms with Gasteiger partial charge in [-0.2, -0.15) is 4.39 Å². The van der Waals surface area contributed by atoms with Crippen molar-refractivity contribution in [2.45, 2.75) is 6.92 Å².